The molecule has 6 nitrogen and oxygen atoms in total. The summed E-state index contributed by atoms with van der Waals surface area (Å²) in [7, 11) is -3.28. The second kappa shape index (κ2) is 7.77. The molecule has 1 aromatic heterocycles. The van der Waals surface area contributed by atoms with Gasteiger partial charge in [0.1, 0.15) is 0 Å². The summed E-state index contributed by atoms with van der Waals surface area (Å²) in [6.07, 6.45) is 2.68. The molecule has 1 amide bonds. The van der Waals surface area contributed by atoms with Gasteiger partial charge in [-0.15, -0.1) is 0 Å². The van der Waals surface area contributed by atoms with Gasteiger partial charge < -0.3 is 9.47 Å². The summed E-state index contributed by atoms with van der Waals surface area (Å²) in [5.74, 6) is -0.0515. The molecule has 0 bridgehead atoms. The highest BCUT2D eigenvalue weighted by molar-refractivity contribution is 9.10. The number of nitrogens with one attached hydrogen (secondary N) is 1. The minimum absolute atomic E-state index is 0.0515. The molecule has 0 radical (unpaired) electrons. The Bertz CT molecular complexity index is 969. The van der Waals surface area contributed by atoms with Crippen LogP contribution in [-0.2, 0) is 10.0 Å². The molecule has 2 heterocycles. The average Bonchev–Trinajstić information content (AvgIpc) is 2.87. The monoisotopic (exact) mass is 453 g/mol. The van der Waals surface area contributed by atoms with Gasteiger partial charge in [0.2, 0.25) is 10.0 Å². The maximum absolute atomic E-state index is 13.1. The lowest BCUT2D eigenvalue weighted by atomic mass is 10.1. The maximum Gasteiger partial charge on any atom is 0.255 e. The van der Waals surface area contributed by atoms with E-state index < -0.39 is 10.0 Å². The number of aryl methyl sites for hydroxylation is 1. The van der Waals surface area contributed by atoms with E-state index in [4.69, 9.17) is 0 Å². The fourth-order valence-electron chi connectivity index (χ4n) is 3.72. The van der Waals surface area contributed by atoms with Crippen molar-refractivity contribution in [2.24, 2.45) is 0 Å². The molecule has 0 spiro atoms. The first-order chi connectivity index (χ1) is 12.7. The molecule has 3 rings (SSSR count). The molecule has 1 fully saturated rings. The number of hydrogen-bond acceptors (Lipinski definition) is 3. The Morgan fingerprint density at radius 3 is 2.67 bits per heavy atom. The zero-order valence-corrected chi connectivity index (χ0v) is 18.1. The van der Waals surface area contributed by atoms with Crippen molar-refractivity contribution in [2.75, 3.05) is 19.3 Å². The van der Waals surface area contributed by atoms with Crippen LogP contribution in [0.5, 0.6) is 0 Å². The van der Waals surface area contributed by atoms with Crippen molar-refractivity contribution in [1.82, 2.24) is 14.2 Å². The van der Waals surface area contributed by atoms with Gasteiger partial charge in [-0.05, 0) is 51.0 Å². The lowest BCUT2D eigenvalue weighted by Crippen LogP contribution is -2.49. The molecule has 8 heteroatoms. The van der Waals surface area contributed by atoms with Gasteiger partial charge in [-0.2, -0.15) is 0 Å². The largest absolute Gasteiger partial charge is 0.337 e. The van der Waals surface area contributed by atoms with Gasteiger partial charge in [0.25, 0.3) is 5.91 Å². The van der Waals surface area contributed by atoms with Gasteiger partial charge in [0.05, 0.1) is 11.8 Å². The standard InChI is InChI=1S/C19H24BrN3O3S/c1-13-10-18(14(2)23(13)17-8-4-6-15(20)11-17)19(24)22-9-5-7-16(12-22)21-27(3,25)26/h4,6,8,10-11,16,21H,5,7,9,12H2,1-3H3. The number of benzene rings is 1. The molecule has 1 saturated heterocycles. The fraction of sp³-hybridized carbons (Fsp3) is 0.421. The molecule has 1 atom stereocenters. The zero-order valence-electron chi connectivity index (χ0n) is 15.7. The normalized spacial score (nSPS) is 17.9. The minimum Gasteiger partial charge on any atom is -0.337 e. The first kappa shape index (κ1) is 20.1. The predicted octanol–water partition coefficient (Wildman–Crippen LogP) is 3.01. The predicted molar refractivity (Wildman–Crippen MR) is 110 cm³/mol. The smallest absolute Gasteiger partial charge is 0.255 e. The number of amides is 1. The van der Waals surface area contributed by atoms with E-state index in [1.165, 1.54) is 0 Å². The Labute approximate surface area is 168 Å². The quantitative estimate of drug-likeness (QED) is 0.772. The molecule has 146 valence electrons. The van der Waals surface area contributed by atoms with E-state index in [0.29, 0.717) is 18.7 Å². The zero-order chi connectivity index (χ0) is 19.8. The van der Waals surface area contributed by atoms with E-state index in [1.807, 2.05) is 44.2 Å². The van der Waals surface area contributed by atoms with Crippen LogP contribution in [0.15, 0.2) is 34.8 Å². The van der Waals surface area contributed by atoms with Crippen LogP contribution >= 0.6 is 15.9 Å². The van der Waals surface area contributed by atoms with Crippen molar-refractivity contribution in [3.8, 4) is 5.69 Å². The highest BCUT2D eigenvalue weighted by Crippen LogP contribution is 2.25. The third kappa shape index (κ3) is 4.62. The summed E-state index contributed by atoms with van der Waals surface area (Å²) in [5.41, 5.74) is 3.52. The first-order valence-corrected chi connectivity index (χ1v) is 11.6. The Morgan fingerprint density at radius 2 is 2.00 bits per heavy atom. The van der Waals surface area contributed by atoms with Crippen LogP contribution in [0.2, 0.25) is 0 Å². The lowest BCUT2D eigenvalue weighted by molar-refractivity contribution is 0.0702. The van der Waals surface area contributed by atoms with Crippen LogP contribution in [0.25, 0.3) is 5.69 Å². The second-order valence-corrected chi connectivity index (χ2v) is 9.78. The summed E-state index contributed by atoms with van der Waals surface area (Å²) in [5, 5.41) is 0. The summed E-state index contributed by atoms with van der Waals surface area (Å²) in [6, 6.07) is 9.63. The SMILES string of the molecule is Cc1cc(C(=O)N2CCCC(NS(C)(=O)=O)C2)c(C)n1-c1cccc(Br)c1. The molecule has 0 aliphatic carbocycles. The van der Waals surface area contributed by atoms with E-state index >= 15 is 0 Å². The Balaban J connectivity index is 1.86. The third-order valence-corrected chi connectivity index (χ3v) is 6.07. The van der Waals surface area contributed by atoms with Crippen LogP contribution in [0, 0.1) is 13.8 Å². The number of sulfonamides is 1. The van der Waals surface area contributed by atoms with E-state index in [9.17, 15) is 13.2 Å². The van der Waals surface area contributed by atoms with Gasteiger partial charge in [-0.1, -0.05) is 22.0 Å². The van der Waals surface area contributed by atoms with Gasteiger partial charge in [0.15, 0.2) is 0 Å². The second-order valence-electron chi connectivity index (χ2n) is 7.08. The molecule has 1 aliphatic rings. The molecular weight excluding hydrogens is 430 g/mol. The van der Waals surface area contributed by atoms with Crippen molar-refractivity contribution >= 4 is 31.9 Å². The maximum atomic E-state index is 13.1. The number of carbonyl (C=O) groups excluding carboxylic acids is 1. The third-order valence-electron chi connectivity index (χ3n) is 4.82. The molecule has 27 heavy (non-hydrogen) atoms. The molecule has 1 unspecified atom stereocenters. The van der Waals surface area contributed by atoms with Crippen molar-refractivity contribution in [3.05, 3.63) is 51.8 Å². The molecule has 1 N–H and O–H groups in total. The Kier molecular flexibility index (Phi) is 5.79. The van der Waals surface area contributed by atoms with Gasteiger partial charge >= 0.3 is 0 Å². The number of nitrogens with zero attached hydrogens (tertiary/aromatic N) is 2. The van der Waals surface area contributed by atoms with Crippen molar-refractivity contribution in [1.29, 1.82) is 0 Å². The van der Waals surface area contributed by atoms with Crippen LogP contribution < -0.4 is 4.72 Å². The van der Waals surface area contributed by atoms with Gasteiger partial charge in [-0.25, -0.2) is 13.1 Å². The number of piperidine rings is 1. The lowest BCUT2D eigenvalue weighted by Gasteiger charge is -2.32. The molecule has 1 aromatic carbocycles. The molecular formula is C19H24BrN3O3S. The van der Waals surface area contributed by atoms with E-state index in [2.05, 4.69) is 25.2 Å². The summed E-state index contributed by atoms with van der Waals surface area (Å²) < 4.78 is 28.7. The number of rotatable bonds is 4. The van der Waals surface area contributed by atoms with Crippen LogP contribution in [0.4, 0.5) is 0 Å². The highest BCUT2D eigenvalue weighted by atomic mass is 79.9. The minimum atomic E-state index is -3.28. The van der Waals surface area contributed by atoms with Crippen molar-refractivity contribution < 1.29 is 13.2 Å². The first-order valence-electron chi connectivity index (χ1n) is 8.87. The van der Waals surface area contributed by atoms with Crippen molar-refractivity contribution in [2.45, 2.75) is 32.7 Å². The topological polar surface area (TPSA) is 71.4 Å². The highest BCUT2D eigenvalue weighted by Gasteiger charge is 2.28. The van der Waals surface area contributed by atoms with Crippen LogP contribution in [-0.4, -0.2) is 49.2 Å². The van der Waals surface area contributed by atoms with Gasteiger partial charge in [-0.3, -0.25) is 4.79 Å². The molecule has 1 aliphatic heterocycles. The number of likely N-dealkylation sites (tertiary alicyclic amines) is 1. The average molecular weight is 454 g/mol. The summed E-state index contributed by atoms with van der Waals surface area (Å²) in [4.78, 5) is 14.9. The number of carbonyl (C=O) groups is 1. The Hall–Kier alpha value is -1.64. The number of halogens is 1. The Morgan fingerprint density at radius 1 is 1.26 bits per heavy atom. The van der Waals surface area contributed by atoms with Gasteiger partial charge in [0, 0.05) is 40.7 Å². The van der Waals surface area contributed by atoms with E-state index in [-0.39, 0.29) is 11.9 Å². The van der Waals surface area contributed by atoms with Crippen LogP contribution in [0.1, 0.15) is 34.6 Å². The number of aromatic nitrogens is 1. The van der Waals surface area contributed by atoms with Crippen molar-refractivity contribution in [3.63, 3.8) is 0 Å². The van der Waals surface area contributed by atoms with E-state index in [1.54, 1.807) is 4.90 Å². The molecule has 0 saturated carbocycles. The molecule has 2 aromatic rings. The van der Waals surface area contributed by atoms with Crippen LogP contribution in [0.3, 0.4) is 0 Å². The number of hydrogen-bond donors (Lipinski definition) is 1. The fourth-order valence-corrected chi connectivity index (χ4v) is 4.91. The summed E-state index contributed by atoms with van der Waals surface area (Å²) >= 11 is 3.49. The van der Waals surface area contributed by atoms with E-state index in [0.717, 1.165) is 40.6 Å². The summed E-state index contributed by atoms with van der Waals surface area (Å²) in [6.45, 7) is 4.96.